The van der Waals surface area contributed by atoms with Crippen LogP contribution < -0.4 is 10.0 Å². The van der Waals surface area contributed by atoms with E-state index in [4.69, 9.17) is 0 Å². The molecule has 0 aromatic rings. The molecule has 0 bridgehead atoms. The predicted molar refractivity (Wildman–Crippen MR) is 77.2 cm³/mol. The van der Waals surface area contributed by atoms with Crippen molar-refractivity contribution in [2.24, 2.45) is 0 Å². The highest BCUT2D eigenvalue weighted by Gasteiger charge is 2.27. The lowest BCUT2D eigenvalue weighted by Crippen LogP contribution is -2.45. The van der Waals surface area contributed by atoms with Crippen LogP contribution in [0.2, 0.25) is 0 Å². The normalized spacial score (nSPS) is 26.1. The van der Waals surface area contributed by atoms with Gasteiger partial charge in [-0.1, -0.05) is 19.3 Å². The van der Waals surface area contributed by atoms with Crippen LogP contribution in [0.25, 0.3) is 0 Å². The molecule has 1 aliphatic heterocycles. The quantitative estimate of drug-likeness (QED) is 0.773. The minimum atomic E-state index is -3.30. The lowest BCUT2D eigenvalue weighted by Gasteiger charge is -2.30. The van der Waals surface area contributed by atoms with Crippen LogP contribution in [0.1, 0.15) is 51.4 Å². The molecule has 1 saturated carbocycles. The minimum absolute atomic E-state index is 0.191. The van der Waals surface area contributed by atoms with E-state index in [0.29, 0.717) is 12.6 Å². The Bertz CT molecular complexity index is 360. The molecule has 0 spiro atoms. The SMILES string of the molecule is CN(C1CCCCC1)S(=O)(=O)NCC[C@@H]1CCCN1. The fourth-order valence-electron chi connectivity index (χ4n) is 3.11. The average Bonchev–Trinajstić information content (AvgIpc) is 2.92. The van der Waals surface area contributed by atoms with Gasteiger partial charge in [0.1, 0.15) is 0 Å². The van der Waals surface area contributed by atoms with E-state index < -0.39 is 10.2 Å². The first-order chi connectivity index (χ1) is 9.09. The molecule has 2 rings (SSSR count). The number of hydrogen-bond donors (Lipinski definition) is 2. The second-order valence-corrected chi connectivity index (χ2v) is 7.60. The summed E-state index contributed by atoms with van der Waals surface area (Å²) in [5.41, 5.74) is 0. The van der Waals surface area contributed by atoms with Crippen molar-refractivity contribution >= 4 is 10.2 Å². The zero-order valence-corrected chi connectivity index (χ0v) is 12.7. The first-order valence-corrected chi connectivity index (χ1v) is 8.99. The van der Waals surface area contributed by atoms with Gasteiger partial charge in [0.2, 0.25) is 0 Å². The molecule has 1 atom stereocenters. The molecule has 1 heterocycles. The Hall–Kier alpha value is -0.170. The zero-order chi connectivity index (χ0) is 13.7. The highest BCUT2D eigenvalue weighted by Crippen LogP contribution is 2.23. The summed E-state index contributed by atoms with van der Waals surface area (Å²) in [5.74, 6) is 0. The van der Waals surface area contributed by atoms with Crippen molar-refractivity contribution < 1.29 is 8.42 Å². The van der Waals surface area contributed by atoms with Crippen molar-refractivity contribution in [1.29, 1.82) is 0 Å². The van der Waals surface area contributed by atoms with Gasteiger partial charge in [-0.3, -0.25) is 0 Å². The van der Waals surface area contributed by atoms with Gasteiger partial charge in [0, 0.05) is 25.7 Å². The third-order valence-electron chi connectivity index (χ3n) is 4.41. The highest BCUT2D eigenvalue weighted by molar-refractivity contribution is 7.87. The molecule has 0 aromatic heterocycles. The second kappa shape index (κ2) is 7.02. The van der Waals surface area contributed by atoms with Crippen molar-refractivity contribution in [3.63, 3.8) is 0 Å². The van der Waals surface area contributed by atoms with E-state index in [1.54, 1.807) is 11.4 Å². The maximum absolute atomic E-state index is 12.2. The van der Waals surface area contributed by atoms with E-state index in [-0.39, 0.29) is 6.04 Å². The largest absolute Gasteiger partial charge is 0.314 e. The Morgan fingerprint density at radius 1 is 1.16 bits per heavy atom. The maximum Gasteiger partial charge on any atom is 0.279 e. The molecule has 2 aliphatic rings. The van der Waals surface area contributed by atoms with Crippen LogP contribution in [-0.4, -0.2) is 44.9 Å². The number of nitrogens with zero attached hydrogens (tertiary/aromatic N) is 1. The summed E-state index contributed by atoms with van der Waals surface area (Å²) >= 11 is 0. The molecule has 0 unspecified atom stereocenters. The van der Waals surface area contributed by atoms with E-state index >= 15 is 0 Å². The van der Waals surface area contributed by atoms with Crippen LogP contribution >= 0.6 is 0 Å². The Kier molecular flexibility index (Phi) is 5.62. The number of rotatable bonds is 6. The van der Waals surface area contributed by atoms with E-state index in [9.17, 15) is 8.42 Å². The first-order valence-electron chi connectivity index (χ1n) is 7.55. The number of hydrogen-bond acceptors (Lipinski definition) is 3. The molecule has 1 saturated heterocycles. The third kappa shape index (κ3) is 4.41. The topological polar surface area (TPSA) is 61.4 Å². The molecule has 0 radical (unpaired) electrons. The lowest BCUT2D eigenvalue weighted by molar-refractivity contribution is 0.282. The van der Waals surface area contributed by atoms with E-state index in [1.807, 2.05) is 0 Å². The standard InChI is InChI=1S/C13H27N3O2S/c1-16(13-7-3-2-4-8-13)19(17,18)15-11-9-12-6-5-10-14-12/h12-15H,2-11H2,1H3/t12-/m0/s1. The molecular weight excluding hydrogens is 262 g/mol. The Morgan fingerprint density at radius 2 is 1.89 bits per heavy atom. The molecule has 2 N–H and O–H groups in total. The molecule has 112 valence electrons. The van der Waals surface area contributed by atoms with E-state index in [0.717, 1.165) is 38.6 Å². The van der Waals surface area contributed by atoms with Gasteiger partial charge in [0.25, 0.3) is 10.2 Å². The fraction of sp³-hybridized carbons (Fsp3) is 1.00. The van der Waals surface area contributed by atoms with Crippen molar-refractivity contribution in [3.05, 3.63) is 0 Å². The molecule has 2 fully saturated rings. The van der Waals surface area contributed by atoms with Crippen molar-refractivity contribution in [1.82, 2.24) is 14.3 Å². The van der Waals surface area contributed by atoms with Gasteiger partial charge >= 0.3 is 0 Å². The van der Waals surface area contributed by atoms with Gasteiger partial charge in [0.05, 0.1) is 0 Å². The summed E-state index contributed by atoms with van der Waals surface area (Å²) in [5, 5.41) is 3.39. The molecule has 19 heavy (non-hydrogen) atoms. The van der Waals surface area contributed by atoms with Crippen LogP contribution in [0, 0.1) is 0 Å². The van der Waals surface area contributed by atoms with Gasteiger partial charge in [-0.2, -0.15) is 12.7 Å². The smallest absolute Gasteiger partial charge is 0.279 e. The van der Waals surface area contributed by atoms with Crippen LogP contribution in [-0.2, 0) is 10.2 Å². The van der Waals surface area contributed by atoms with Crippen molar-refractivity contribution in [2.45, 2.75) is 63.5 Å². The molecular formula is C13H27N3O2S. The van der Waals surface area contributed by atoms with Gasteiger partial charge in [0.15, 0.2) is 0 Å². The summed E-state index contributed by atoms with van der Waals surface area (Å²) in [6.45, 7) is 1.61. The Morgan fingerprint density at radius 3 is 2.53 bits per heavy atom. The monoisotopic (exact) mass is 289 g/mol. The van der Waals surface area contributed by atoms with E-state index in [2.05, 4.69) is 10.0 Å². The van der Waals surface area contributed by atoms with Crippen LogP contribution in [0.3, 0.4) is 0 Å². The average molecular weight is 289 g/mol. The van der Waals surface area contributed by atoms with Crippen molar-refractivity contribution in [2.75, 3.05) is 20.1 Å². The van der Waals surface area contributed by atoms with Gasteiger partial charge < -0.3 is 5.32 Å². The minimum Gasteiger partial charge on any atom is -0.314 e. The maximum atomic E-state index is 12.2. The predicted octanol–water partition coefficient (Wildman–Crippen LogP) is 1.23. The van der Waals surface area contributed by atoms with Crippen LogP contribution in [0.5, 0.6) is 0 Å². The van der Waals surface area contributed by atoms with E-state index in [1.165, 1.54) is 19.3 Å². The highest BCUT2D eigenvalue weighted by atomic mass is 32.2. The van der Waals surface area contributed by atoms with Gasteiger partial charge in [-0.25, -0.2) is 4.72 Å². The first kappa shape index (κ1) is 15.2. The van der Waals surface area contributed by atoms with Gasteiger partial charge in [-0.05, 0) is 38.6 Å². The van der Waals surface area contributed by atoms with Gasteiger partial charge in [-0.15, -0.1) is 0 Å². The lowest BCUT2D eigenvalue weighted by atomic mass is 9.96. The Labute approximate surface area is 117 Å². The summed E-state index contributed by atoms with van der Waals surface area (Å²) < 4.78 is 28.7. The molecule has 6 heteroatoms. The summed E-state index contributed by atoms with van der Waals surface area (Å²) in [6, 6.07) is 0.679. The third-order valence-corrected chi connectivity index (χ3v) is 6.03. The van der Waals surface area contributed by atoms with Crippen LogP contribution in [0.4, 0.5) is 0 Å². The van der Waals surface area contributed by atoms with Crippen LogP contribution in [0.15, 0.2) is 0 Å². The molecule has 5 nitrogen and oxygen atoms in total. The zero-order valence-electron chi connectivity index (χ0n) is 11.9. The molecule has 0 amide bonds. The molecule has 1 aliphatic carbocycles. The second-order valence-electron chi connectivity index (χ2n) is 5.79. The number of nitrogens with one attached hydrogen (secondary N) is 2. The summed E-state index contributed by atoms with van der Waals surface area (Å²) in [6.07, 6.45) is 8.80. The summed E-state index contributed by atoms with van der Waals surface area (Å²) in [4.78, 5) is 0. The molecule has 0 aromatic carbocycles. The fourth-order valence-corrected chi connectivity index (χ4v) is 4.29. The summed E-state index contributed by atoms with van der Waals surface area (Å²) in [7, 11) is -1.58. The Balaban J connectivity index is 1.76. The van der Waals surface area contributed by atoms with Crippen molar-refractivity contribution in [3.8, 4) is 0 Å².